The molecule has 8 heteroatoms. The molecule has 59 heavy (non-hydrogen) atoms. The maximum absolute atomic E-state index is 12.3. The van der Waals surface area contributed by atoms with E-state index in [9.17, 15) is 9.59 Å². The molecule has 4 aromatic carbocycles. The van der Waals surface area contributed by atoms with Gasteiger partial charge in [0.1, 0.15) is 0 Å². The van der Waals surface area contributed by atoms with Crippen molar-refractivity contribution in [3.8, 4) is 0 Å². The zero-order chi connectivity index (χ0) is 41.3. The van der Waals surface area contributed by atoms with Crippen molar-refractivity contribution < 1.29 is 19.1 Å². The zero-order valence-electron chi connectivity index (χ0n) is 36.0. The van der Waals surface area contributed by atoms with Crippen LogP contribution in [-0.4, -0.2) is 45.4 Å². The van der Waals surface area contributed by atoms with Gasteiger partial charge in [0.05, 0.1) is 29.4 Å². The molecular weight excluding hydrogens is 733 g/mol. The molecule has 2 N–H and O–H groups in total. The predicted octanol–water partition coefficient (Wildman–Crippen LogP) is 13.7. The van der Waals surface area contributed by atoms with E-state index in [1.54, 1.807) is 7.11 Å². The number of ether oxygens (including phenoxy) is 2. The summed E-state index contributed by atoms with van der Waals surface area (Å²) >= 11 is 0. The highest BCUT2D eigenvalue weighted by Crippen LogP contribution is 2.47. The van der Waals surface area contributed by atoms with Crippen molar-refractivity contribution in [2.75, 3.05) is 53.8 Å². The summed E-state index contributed by atoms with van der Waals surface area (Å²) in [4.78, 5) is 28.7. The van der Waals surface area contributed by atoms with Gasteiger partial charge < -0.3 is 24.6 Å². The Labute approximate surface area is 355 Å². The number of nitrogens with one attached hydrogen (secondary N) is 2. The molecule has 0 aromatic heterocycles. The van der Waals surface area contributed by atoms with Crippen LogP contribution >= 0.6 is 0 Å². The average Bonchev–Trinajstić information content (AvgIpc) is 3.24. The summed E-state index contributed by atoms with van der Waals surface area (Å²) in [5.41, 5.74) is 9.18. The summed E-state index contributed by atoms with van der Waals surface area (Å²) in [5, 5.41) is 5.63. The van der Waals surface area contributed by atoms with Gasteiger partial charge in [-0.05, 0) is 91.8 Å². The smallest absolute Gasteiger partial charge is 0.411 e. The third kappa shape index (κ3) is 16.0. The molecule has 0 radical (unpaired) electrons. The molecule has 1 heterocycles. The molecular formula is C51H70N4O4. The van der Waals surface area contributed by atoms with Crippen LogP contribution < -0.4 is 20.4 Å². The van der Waals surface area contributed by atoms with Gasteiger partial charge in [0.15, 0.2) is 0 Å². The molecule has 0 unspecified atom stereocenters. The summed E-state index contributed by atoms with van der Waals surface area (Å²) in [6.07, 6.45) is 22.7. The van der Waals surface area contributed by atoms with Crippen molar-refractivity contribution in [1.82, 2.24) is 0 Å². The number of hydrogen-bond acceptors (Lipinski definition) is 6. The maximum atomic E-state index is 12.3. The lowest BCUT2D eigenvalue weighted by atomic mass is 10.0. The average molecular weight is 803 g/mol. The Morgan fingerprint density at radius 3 is 1.20 bits per heavy atom. The third-order valence-corrected chi connectivity index (χ3v) is 11.3. The Balaban J connectivity index is 0.897. The van der Waals surface area contributed by atoms with Crippen LogP contribution in [0.25, 0.3) is 0 Å². The molecule has 0 saturated carbocycles. The first-order valence-electron chi connectivity index (χ1n) is 22.6. The third-order valence-electron chi connectivity index (χ3n) is 11.3. The van der Waals surface area contributed by atoms with E-state index in [-0.39, 0.29) is 5.91 Å². The first kappa shape index (κ1) is 45.3. The van der Waals surface area contributed by atoms with E-state index in [2.05, 4.69) is 69.0 Å². The quantitative estimate of drug-likeness (QED) is 0.0557. The van der Waals surface area contributed by atoms with Crippen LogP contribution in [0.15, 0.2) is 97.1 Å². The van der Waals surface area contributed by atoms with E-state index in [0.29, 0.717) is 6.61 Å². The van der Waals surface area contributed by atoms with Gasteiger partial charge in [-0.1, -0.05) is 138 Å². The van der Waals surface area contributed by atoms with Crippen molar-refractivity contribution in [3.05, 3.63) is 108 Å². The number of carbonyl (C=O) groups is 2. The second-order valence-corrected chi connectivity index (χ2v) is 16.2. The molecule has 318 valence electrons. The van der Waals surface area contributed by atoms with Gasteiger partial charge >= 0.3 is 6.09 Å². The van der Waals surface area contributed by atoms with E-state index < -0.39 is 6.09 Å². The van der Waals surface area contributed by atoms with Crippen molar-refractivity contribution in [2.24, 2.45) is 0 Å². The summed E-state index contributed by atoms with van der Waals surface area (Å²) in [5.74, 6) is -0.0794. The topological polar surface area (TPSA) is 83.1 Å². The number of rotatable bonds is 28. The summed E-state index contributed by atoms with van der Waals surface area (Å²) in [7, 11) is 1.79. The minimum absolute atomic E-state index is 0.0794. The van der Waals surface area contributed by atoms with Gasteiger partial charge in [-0.25, -0.2) is 4.79 Å². The molecule has 8 nitrogen and oxygen atoms in total. The van der Waals surface area contributed by atoms with Gasteiger partial charge in [-0.3, -0.25) is 10.1 Å². The van der Waals surface area contributed by atoms with Crippen molar-refractivity contribution >= 4 is 46.1 Å². The molecule has 0 saturated heterocycles. The Hall–Kier alpha value is -4.82. The summed E-state index contributed by atoms with van der Waals surface area (Å²) in [6.45, 7) is 4.95. The molecule has 0 atom stereocenters. The van der Waals surface area contributed by atoms with Gasteiger partial charge in [0.25, 0.3) is 0 Å². The SMILES string of the molecule is COCCCCCCCCCCCN1c2ccccc2N(CCCCCCCCCCCOC(=O)Nc2ccc(Cc3ccc(NC(C)=O)cc3)cc2)c2ccccc21. The lowest BCUT2D eigenvalue weighted by Crippen LogP contribution is -2.30. The fourth-order valence-corrected chi connectivity index (χ4v) is 8.12. The number of hydrogen-bond donors (Lipinski definition) is 2. The Morgan fingerprint density at radius 2 is 0.814 bits per heavy atom. The van der Waals surface area contributed by atoms with Crippen LogP contribution in [-0.2, 0) is 20.7 Å². The highest BCUT2D eigenvalue weighted by atomic mass is 16.5. The van der Waals surface area contributed by atoms with Crippen molar-refractivity contribution in [1.29, 1.82) is 0 Å². The number of methoxy groups -OCH3 is 1. The van der Waals surface area contributed by atoms with Gasteiger partial charge in [-0.15, -0.1) is 0 Å². The molecule has 0 aliphatic carbocycles. The van der Waals surface area contributed by atoms with Crippen LogP contribution in [0.4, 0.5) is 38.9 Å². The van der Waals surface area contributed by atoms with Gasteiger partial charge in [-0.2, -0.15) is 0 Å². The Morgan fingerprint density at radius 1 is 0.458 bits per heavy atom. The predicted molar refractivity (Wildman–Crippen MR) is 247 cm³/mol. The van der Waals surface area contributed by atoms with E-state index in [1.165, 1.54) is 132 Å². The highest BCUT2D eigenvalue weighted by molar-refractivity contribution is 5.93. The molecule has 4 aromatic rings. The lowest BCUT2D eigenvalue weighted by Gasteiger charge is -2.40. The Kier molecular flexibility index (Phi) is 20.2. The number of carbonyl (C=O) groups excluding carboxylic acids is 2. The lowest BCUT2D eigenvalue weighted by molar-refractivity contribution is -0.114. The number of para-hydroxylation sites is 4. The van der Waals surface area contributed by atoms with E-state index in [1.807, 2.05) is 48.5 Å². The molecule has 0 fully saturated rings. The van der Waals surface area contributed by atoms with Crippen LogP contribution in [0.3, 0.4) is 0 Å². The summed E-state index contributed by atoms with van der Waals surface area (Å²) < 4.78 is 10.6. The molecule has 0 spiro atoms. The first-order chi connectivity index (χ1) is 29.0. The minimum Gasteiger partial charge on any atom is -0.449 e. The minimum atomic E-state index is -0.405. The normalized spacial score (nSPS) is 11.9. The van der Waals surface area contributed by atoms with Crippen molar-refractivity contribution in [2.45, 2.75) is 129 Å². The molecule has 1 aliphatic heterocycles. The van der Waals surface area contributed by atoms with Crippen LogP contribution in [0.5, 0.6) is 0 Å². The van der Waals surface area contributed by atoms with Gasteiger partial charge in [0.2, 0.25) is 5.91 Å². The first-order valence-corrected chi connectivity index (χ1v) is 22.6. The fourth-order valence-electron chi connectivity index (χ4n) is 8.12. The number of anilines is 6. The van der Waals surface area contributed by atoms with Crippen LogP contribution in [0.2, 0.25) is 0 Å². The fraction of sp³-hybridized carbons (Fsp3) is 0.490. The molecule has 5 rings (SSSR count). The Bertz CT molecular complexity index is 1750. The number of benzene rings is 4. The standard InChI is InChI=1S/C51H70N4O4/c1-42(56)52-45-33-29-43(30-34-45)41-44-31-35-46(36-32-44)53-51(57)59-40-24-16-12-8-4-6-10-14-22-38-55-49-27-19-17-25-47(49)54(48-26-18-20-28-50(48)55)37-21-13-9-5-3-7-11-15-23-39-58-2/h17-20,25-36H,3-16,21-24,37-41H2,1-2H3,(H,52,56)(H,53,57). The number of nitrogens with zero attached hydrogens (tertiary/aromatic N) is 2. The van der Waals surface area contributed by atoms with E-state index in [0.717, 1.165) is 61.5 Å². The molecule has 1 aliphatic rings. The summed E-state index contributed by atoms with van der Waals surface area (Å²) in [6, 6.07) is 33.7. The number of fused-ring (bicyclic) bond motifs is 2. The zero-order valence-corrected chi connectivity index (χ0v) is 36.0. The second kappa shape index (κ2) is 26.3. The number of unbranched alkanes of at least 4 members (excludes halogenated alkanes) is 16. The highest BCUT2D eigenvalue weighted by Gasteiger charge is 2.27. The molecule has 0 bridgehead atoms. The van der Waals surface area contributed by atoms with E-state index in [4.69, 9.17) is 9.47 Å². The monoisotopic (exact) mass is 803 g/mol. The number of amides is 2. The van der Waals surface area contributed by atoms with Crippen molar-refractivity contribution in [3.63, 3.8) is 0 Å². The van der Waals surface area contributed by atoms with Gasteiger partial charge in [0, 0.05) is 45.1 Å². The van der Waals surface area contributed by atoms with Crippen LogP contribution in [0, 0.1) is 0 Å². The van der Waals surface area contributed by atoms with Crippen LogP contribution in [0.1, 0.15) is 134 Å². The van der Waals surface area contributed by atoms with E-state index >= 15 is 0 Å². The largest absolute Gasteiger partial charge is 0.449 e. The second-order valence-electron chi connectivity index (χ2n) is 16.2. The maximum Gasteiger partial charge on any atom is 0.411 e. The molecule has 2 amide bonds.